The summed E-state index contributed by atoms with van der Waals surface area (Å²) in [6.07, 6.45) is 6.05. The van der Waals surface area contributed by atoms with Crippen LogP contribution < -0.4 is 10.7 Å². The second-order valence-corrected chi connectivity index (χ2v) is 8.17. The normalized spacial score (nSPS) is 30.3. The van der Waals surface area contributed by atoms with Crippen LogP contribution in [0.4, 0.5) is 0 Å². The molecule has 0 amide bonds. The molecule has 122 valence electrons. The van der Waals surface area contributed by atoms with Gasteiger partial charge in [0.1, 0.15) is 5.60 Å². The van der Waals surface area contributed by atoms with Crippen molar-refractivity contribution in [1.82, 2.24) is 10.3 Å². The monoisotopic (exact) mass is 350 g/mol. The van der Waals surface area contributed by atoms with Gasteiger partial charge in [-0.2, -0.15) is 0 Å². The van der Waals surface area contributed by atoms with Crippen LogP contribution in [0.25, 0.3) is 0 Å². The summed E-state index contributed by atoms with van der Waals surface area (Å²) in [7, 11) is 0. The van der Waals surface area contributed by atoms with Crippen molar-refractivity contribution in [2.75, 3.05) is 6.61 Å². The SMILES string of the molecule is CC1CC2(CC(c3c[nH]ccc3=O)N1)OCCc1cc(Cl)sc12. The van der Waals surface area contributed by atoms with E-state index in [0.29, 0.717) is 6.61 Å². The van der Waals surface area contributed by atoms with Crippen molar-refractivity contribution in [3.63, 3.8) is 0 Å². The summed E-state index contributed by atoms with van der Waals surface area (Å²) in [5.74, 6) is 0. The van der Waals surface area contributed by atoms with Crippen LogP contribution in [0, 0.1) is 0 Å². The predicted octanol–water partition coefficient (Wildman–Crippen LogP) is 3.37. The third-order valence-electron chi connectivity index (χ3n) is 4.83. The molecule has 0 bridgehead atoms. The summed E-state index contributed by atoms with van der Waals surface area (Å²) in [4.78, 5) is 16.5. The Labute approximate surface area is 143 Å². The van der Waals surface area contributed by atoms with Gasteiger partial charge >= 0.3 is 0 Å². The number of nitrogens with one attached hydrogen (secondary N) is 2. The highest BCUT2D eigenvalue weighted by molar-refractivity contribution is 7.16. The number of rotatable bonds is 1. The minimum Gasteiger partial charge on any atom is -0.369 e. The Morgan fingerprint density at radius 2 is 2.30 bits per heavy atom. The van der Waals surface area contributed by atoms with Crippen LogP contribution in [-0.4, -0.2) is 17.6 Å². The molecule has 2 N–H and O–H groups in total. The van der Waals surface area contributed by atoms with Gasteiger partial charge in [-0.1, -0.05) is 11.6 Å². The number of H-pyrrole nitrogens is 1. The quantitative estimate of drug-likeness (QED) is 0.829. The Hall–Kier alpha value is -1.14. The predicted molar refractivity (Wildman–Crippen MR) is 92.3 cm³/mol. The van der Waals surface area contributed by atoms with Crippen molar-refractivity contribution < 1.29 is 4.74 Å². The van der Waals surface area contributed by atoms with Gasteiger partial charge in [0.2, 0.25) is 0 Å². The minimum atomic E-state index is -0.330. The molecule has 4 nitrogen and oxygen atoms in total. The first-order valence-electron chi connectivity index (χ1n) is 7.93. The number of ether oxygens (including phenoxy) is 1. The number of hydrogen-bond acceptors (Lipinski definition) is 4. The molecule has 2 aromatic heterocycles. The van der Waals surface area contributed by atoms with E-state index < -0.39 is 0 Å². The topological polar surface area (TPSA) is 54.1 Å². The fraction of sp³-hybridized carbons (Fsp3) is 0.471. The molecule has 0 aliphatic carbocycles. The van der Waals surface area contributed by atoms with Gasteiger partial charge in [-0.05, 0) is 31.4 Å². The standard InChI is InChI=1S/C17H19ClN2O2S/c1-10-7-17(16-11(3-5-22-17)6-15(18)23-16)8-13(20-10)12-9-19-4-2-14(12)21/h2,4,6,9-10,13,20H,3,5,7-8H2,1H3,(H,19,21). The van der Waals surface area contributed by atoms with Crippen molar-refractivity contribution in [2.24, 2.45) is 0 Å². The van der Waals surface area contributed by atoms with Crippen LogP contribution in [0.5, 0.6) is 0 Å². The van der Waals surface area contributed by atoms with E-state index in [1.807, 2.05) is 0 Å². The number of fused-ring (bicyclic) bond motifs is 2. The first-order chi connectivity index (χ1) is 11.1. The number of thiophene rings is 1. The Kier molecular flexibility index (Phi) is 3.84. The highest BCUT2D eigenvalue weighted by Gasteiger charge is 2.46. The van der Waals surface area contributed by atoms with Crippen molar-refractivity contribution in [3.05, 3.63) is 55.1 Å². The first kappa shape index (κ1) is 15.4. The molecular weight excluding hydrogens is 332 g/mol. The van der Waals surface area contributed by atoms with Crippen LogP contribution in [0.3, 0.4) is 0 Å². The number of aromatic nitrogens is 1. The summed E-state index contributed by atoms with van der Waals surface area (Å²) < 4.78 is 7.13. The Morgan fingerprint density at radius 3 is 3.13 bits per heavy atom. The van der Waals surface area contributed by atoms with E-state index >= 15 is 0 Å². The molecule has 4 rings (SSSR count). The highest BCUT2D eigenvalue weighted by atomic mass is 35.5. The van der Waals surface area contributed by atoms with Crippen LogP contribution in [0.15, 0.2) is 29.3 Å². The van der Waals surface area contributed by atoms with Gasteiger partial charge in [-0.15, -0.1) is 11.3 Å². The molecule has 2 aliphatic rings. The zero-order chi connectivity index (χ0) is 16.0. The zero-order valence-corrected chi connectivity index (χ0v) is 14.5. The molecular formula is C17H19ClN2O2S. The molecule has 0 aromatic carbocycles. The molecule has 6 heteroatoms. The number of aromatic amines is 1. The van der Waals surface area contributed by atoms with Crippen molar-refractivity contribution in [3.8, 4) is 0 Å². The fourth-order valence-corrected chi connectivity index (χ4v) is 5.42. The van der Waals surface area contributed by atoms with Crippen molar-refractivity contribution in [1.29, 1.82) is 0 Å². The lowest BCUT2D eigenvalue weighted by Gasteiger charge is -2.46. The maximum Gasteiger partial charge on any atom is 0.186 e. The maximum atomic E-state index is 12.2. The van der Waals surface area contributed by atoms with E-state index in [9.17, 15) is 4.79 Å². The summed E-state index contributed by atoms with van der Waals surface area (Å²) in [6.45, 7) is 2.86. The average Bonchev–Trinajstić information content (AvgIpc) is 2.89. The third-order valence-corrected chi connectivity index (χ3v) is 6.32. The van der Waals surface area contributed by atoms with Gasteiger partial charge in [0.15, 0.2) is 5.43 Å². The smallest absolute Gasteiger partial charge is 0.186 e. The molecule has 23 heavy (non-hydrogen) atoms. The van der Waals surface area contributed by atoms with Gasteiger partial charge in [-0.3, -0.25) is 4.79 Å². The van der Waals surface area contributed by atoms with Crippen LogP contribution >= 0.6 is 22.9 Å². The summed E-state index contributed by atoms with van der Waals surface area (Å²) in [6, 6.07) is 3.90. The Morgan fingerprint density at radius 1 is 1.43 bits per heavy atom. The molecule has 1 saturated heterocycles. The van der Waals surface area contributed by atoms with Crippen LogP contribution in [0.2, 0.25) is 4.34 Å². The van der Waals surface area contributed by atoms with Gasteiger partial charge in [0.25, 0.3) is 0 Å². The number of halogens is 1. The average molecular weight is 351 g/mol. The number of piperidine rings is 1. The fourth-order valence-electron chi connectivity index (χ4n) is 3.96. The second-order valence-electron chi connectivity index (χ2n) is 6.49. The lowest BCUT2D eigenvalue weighted by molar-refractivity contribution is -0.0955. The lowest BCUT2D eigenvalue weighted by Crippen LogP contribution is -2.50. The van der Waals surface area contributed by atoms with E-state index in [0.717, 1.165) is 29.2 Å². The van der Waals surface area contributed by atoms with Crippen LogP contribution in [-0.2, 0) is 16.8 Å². The molecule has 1 fully saturated rings. The van der Waals surface area contributed by atoms with E-state index in [4.69, 9.17) is 16.3 Å². The molecule has 2 aromatic rings. The summed E-state index contributed by atoms with van der Waals surface area (Å²) >= 11 is 7.89. The van der Waals surface area contributed by atoms with Gasteiger partial charge in [0, 0.05) is 47.4 Å². The van der Waals surface area contributed by atoms with E-state index in [1.165, 1.54) is 10.4 Å². The zero-order valence-electron chi connectivity index (χ0n) is 12.9. The summed E-state index contributed by atoms with van der Waals surface area (Å²) in [5.41, 5.74) is 1.81. The molecule has 1 spiro atoms. The van der Waals surface area contributed by atoms with E-state index in [2.05, 4.69) is 23.3 Å². The van der Waals surface area contributed by atoms with Crippen molar-refractivity contribution in [2.45, 2.75) is 43.9 Å². The van der Waals surface area contributed by atoms with Gasteiger partial charge in [-0.25, -0.2) is 0 Å². The Balaban J connectivity index is 1.76. The molecule has 0 radical (unpaired) electrons. The molecule has 3 atom stereocenters. The number of pyridine rings is 1. The summed E-state index contributed by atoms with van der Waals surface area (Å²) in [5, 5.41) is 3.55. The van der Waals surface area contributed by atoms with E-state index in [1.54, 1.807) is 29.8 Å². The van der Waals surface area contributed by atoms with E-state index in [-0.39, 0.29) is 23.1 Å². The third kappa shape index (κ3) is 2.66. The number of hydrogen-bond donors (Lipinski definition) is 2. The highest BCUT2D eigenvalue weighted by Crippen LogP contribution is 2.49. The molecule has 4 heterocycles. The van der Waals surface area contributed by atoms with Crippen LogP contribution in [0.1, 0.15) is 41.8 Å². The largest absolute Gasteiger partial charge is 0.369 e. The first-order valence-corrected chi connectivity index (χ1v) is 9.12. The van der Waals surface area contributed by atoms with Gasteiger partial charge < -0.3 is 15.0 Å². The van der Waals surface area contributed by atoms with Gasteiger partial charge in [0.05, 0.1) is 10.9 Å². The second kappa shape index (κ2) is 5.74. The van der Waals surface area contributed by atoms with Crippen molar-refractivity contribution >= 4 is 22.9 Å². The molecule has 2 aliphatic heterocycles. The maximum absolute atomic E-state index is 12.2. The molecule has 0 saturated carbocycles. The Bertz CT molecular complexity index is 787. The molecule has 3 unspecified atom stereocenters. The lowest BCUT2D eigenvalue weighted by atomic mass is 9.78. The minimum absolute atomic E-state index is 0.0180.